The van der Waals surface area contributed by atoms with Crippen molar-refractivity contribution < 1.29 is 14.4 Å². The molecule has 0 saturated carbocycles. The van der Waals surface area contributed by atoms with Crippen molar-refractivity contribution in [3.05, 3.63) is 51.8 Å². The summed E-state index contributed by atoms with van der Waals surface area (Å²) in [6, 6.07) is 11.8. The molecule has 0 bridgehead atoms. The average molecular weight is 422 g/mol. The number of benzene rings is 1. The largest absolute Gasteiger partial charge is 0.368 e. The molecule has 0 atom stereocenters. The average Bonchev–Trinajstić information content (AvgIpc) is 3.00. The number of amides is 3. The molecule has 0 aliphatic rings. The number of hydrogen-bond acceptors (Lipinski definition) is 4. The van der Waals surface area contributed by atoms with Gasteiger partial charge in [-0.1, -0.05) is 28.1 Å². The minimum absolute atomic E-state index is 0.360. The van der Waals surface area contributed by atoms with Crippen molar-refractivity contribution in [2.75, 3.05) is 13.1 Å². The molecular weight excluding hydrogens is 406 g/mol. The number of hydrogen-bond donors (Lipinski definition) is 2. The molecule has 4 N–H and O–H groups in total. The van der Waals surface area contributed by atoms with Gasteiger partial charge in [0.05, 0.1) is 0 Å². The van der Waals surface area contributed by atoms with E-state index < -0.39 is 17.7 Å². The Hall–Kier alpha value is -2.45. The summed E-state index contributed by atoms with van der Waals surface area (Å²) in [6.45, 7) is -0.721. The SMILES string of the molecule is NC(=O)CN(CC(N)=O)C(=O)C=Cc1ccc(-c2ccc(Br)cc2)s1. The standard InChI is InChI=1S/C17H16BrN3O3S/c18-12-3-1-11(2-4-12)14-7-5-13(25-14)6-8-17(24)21(9-15(19)22)10-16(20)23/h1-8H,9-10H2,(H2,19,22)(H2,20,23). The third-order valence-electron chi connectivity index (χ3n) is 3.15. The van der Waals surface area contributed by atoms with E-state index in [1.165, 1.54) is 17.4 Å². The number of rotatable bonds is 7. The fraction of sp³-hybridized carbons (Fsp3) is 0.118. The van der Waals surface area contributed by atoms with Crippen LogP contribution in [0.2, 0.25) is 0 Å². The molecule has 8 heteroatoms. The predicted molar refractivity (Wildman–Crippen MR) is 101 cm³/mol. The number of thiophene rings is 1. The summed E-state index contributed by atoms with van der Waals surface area (Å²) in [5.74, 6) is -1.93. The zero-order chi connectivity index (χ0) is 18.4. The molecule has 3 amide bonds. The molecule has 1 aromatic carbocycles. The van der Waals surface area contributed by atoms with Gasteiger partial charge in [-0.25, -0.2) is 0 Å². The van der Waals surface area contributed by atoms with E-state index in [4.69, 9.17) is 11.5 Å². The van der Waals surface area contributed by atoms with Gasteiger partial charge in [0.15, 0.2) is 0 Å². The van der Waals surface area contributed by atoms with Crippen molar-refractivity contribution in [1.29, 1.82) is 0 Å². The molecule has 0 aliphatic carbocycles. The van der Waals surface area contributed by atoms with Crippen LogP contribution in [0.15, 0.2) is 46.9 Å². The summed E-state index contributed by atoms with van der Waals surface area (Å²) in [7, 11) is 0. The number of carbonyl (C=O) groups is 3. The quantitative estimate of drug-likeness (QED) is 0.667. The molecule has 0 fully saturated rings. The highest BCUT2D eigenvalue weighted by molar-refractivity contribution is 9.10. The second kappa shape index (κ2) is 8.59. The first-order chi connectivity index (χ1) is 11.8. The van der Waals surface area contributed by atoms with Gasteiger partial charge in [0.1, 0.15) is 13.1 Å². The maximum absolute atomic E-state index is 12.1. The van der Waals surface area contributed by atoms with Crippen LogP contribution in [0.25, 0.3) is 16.5 Å². The van der Waals surface area contributed by atoms with E-state index in [0.29, 0.717) is 0 Å². The van der Waals surface area contributed by atoms with Gasteiger partial charge in [0.2, 0.25) is 17.7 Å². The molecular formula is C17H16BrN3O3S. The topological polar surface area (TPSA) is 106 Å². The normalized spacial score (nSPS) is 10.8. The fourth-order valence-electron chi connectivity index (χ4n) is 2.06. The molecule has 1 heterocycles. The highest BCUT2D eigenvalue weighted by Crippen LogP contribution is 2.29. The van der Waals surface area contributed by atoms with E-state index in [9.17, 15) is 14.4 Å². The molecule has 6 nitrogen and oxygen atoms in total. The highest BCUT2D eigenvalue weighted by atomic mass is 79.9. The third kappa shape index (κ3) is 5.84. The predicted octanol–water partition coefficient (Wildman–Crippen LogP) is 1.99. The van der Waals surface area contributed by atoms with Crippen LogP contribution in [0.4, 0.5) is 0 Å². The molecule has 2 rings (SSSR count). The Labute approximate surface area is 157 Å². The lowest BCUT2D eigenvalue weighted by molar-refractivity contribution is -0.134. The smallest absolute Gasteiger partial charge is 0.247 e. The lowest BCUT2D eigenvalue weighted by Gasteiger charge is -2.17. The Morgan fingerprint density at radius 3 is 2.16 bits per heavy atom. The van der Waals surface area contributed by atoms with Crippen molar-refractivity contribution >= 4 is 51.1 Å². The highest BCUT2D eigenvalue weighted by Gasteiger charge is 2.15. The van der Waals surface area contributed by atoms with Crippen LogP contribution in [0.3, 0.4) is 0 Å². The van der Waals surface area contributed by atoms with Gasteiger partial charge in [-0.3, -0.25) is 14.4 Å². The van der Waals surface area contributed by atoms with Crippen LogP contribution in [-0.2, 0) is 14.4 Å². The number of carbonyl (C=O) groups excluding carboxylic acids is 3. The van der Waals surface area contributed by atoms with E-state index in [2.05, 4.69) is 15.9 Å². The first-order valence-electron chi connectivity index (χ1n) is 7.24. The summed E-state index contributed by atoms with van der Waals surface area (Å²) in [4.78, 5) is 37.1. The monoisotopic (exact) mass is 421 g/mol. The maximum atomic E-state index is 12.1. The van der Waals surface area contributed by atoms with E-state index in [1.807, 2.05) is 36.4 Å². The summed E-state index contributed by atoms with van der Waals surface area (Å²) in [5.41, 5.74) is 11.2. The van der Waals surface area contributed by atoms with E-state index >= 15 is 0 Å². The van der Waals surface area contributed by atoms with Crippen molar-refractivity contribution in [1.82, 2.24) is 4.90 Å². The zero-order valence-electron chi connectivity index (χ0n) is 13.1. The van der Waals surface area contributed by atoms with Gasteiger partial charge in [-0.2, -0.15) is 0 Å². The molecule has 2 aromatic rings. The van der Waals surface area contributed by atoms with Gasteiger partial charge in [0.25, 0.3) is 0 Å². The second-order valence-corrected chi connectivity index (χ2v) is 7.20. The number of nitrogens with zero attached hydrogens (tertiary/aromatic N) is 1. The molecule has 0 saturated heterocycles. The zero-order valence-corrected chi connectivity index (χ0v) is 15.5. The second-order valence-electron chi connectivity index (χ2n) is 5.17. The van der Waals surface area contributed by atoms with E-state index in [1.54, 1.807) is 6.08 Å². The van der Waals surface area contributed by atoms with Gasteiger partial charge in [-0.15, -0.1) is 11.3 Å². The molecule has 0 unspecified atom stereocenters. The minimum Gasteiger partial charge on any atom is -0.368 e. The van der Waals surface area contributed by atoms with Crippen molar-refractivity contribution in [3.8, 4) is 10.4 Å². The van der Waals surface area contributed by atoms with Crippen LogP contribution in [-0.4, -0.2) is 35.7 Å². The Bertz CT molecular complexity index is 799. The fourth-order valence-corrected chi connectivity index (χ4v) is 3.24. The van der Waals surface area contributed by atoms with Crippen molar-refractivity contribution in [3.63, 3.8) is 0 Å². The van der Waals surface area contributed by atoms with Gasteiger partial charge >= 0.3 is 0 Å². The summed E-state index contributed by atoms with van der Waals surface area (Å²) in [5, 5.41) is 0. The Morgan fingerprint density at radius 2 is 1.60 bits per heavy atom. The Kier molecular flexibility index (Phi) is 6.49. The maximum Gasteiger partial charge on any atom is 0.247 e. The number of halogens is 1. The van der Waals surface area contributed by atoms with Crippen LogP contribution >= 0.6 is 27.3 Å². The van der Waals surface area contributed by atoms with Gasteiger partial charge < -0.3 is 16.4 Å². The molecule has 0 aliphatic heterocycles. The first-order valence-corrected chi connectivity index (χ1v) is 8.85. The number of primary amides is 2. The summed E-state index contributed by atoms with van der Waals surface area (Å²) >= 11 is 4.91. The van der Waals surface area contributed by atoms with E-state index in [0.717, 1.165) is 24.7 Å². The van der Waals surface area contributed by atoms with Crippen LogP contribution < -0.4 is 11.5 Å². The minimum atomic E-state index is -0.711. The Morgan fingerprint density at radius 1 is 1.00 bits per heavy atom. The number of nitrogens with two attached hydrogens (primary N) is 2. The molecule has 1 aromatic heterocycles. The molecule has 130 valence electrons. The Balaban J connectivity index is 2.09. The molecule has 25 heavy (non-hydrogen) atoms. The van der Waals surface area contributed by atoms with Gasteiger partial charge in [0, 0.05) is 20.3 Å². The van der Waals surface area contributed by atoms with E-state index in [-0.39, 0.29) is 13.1 Å². The summed E-state index contributed by atoms with van der Waals surface area (Å²) < 4.78 is 1.00. The first kappa shape index (κ1) is 18.9. The summed E-state index contributed by atoms with van der Waals surface area (Å²) in [6.07, 6.45) is 2.92. The lowest BCUT2D eigenvalue weighted by atomic mass is 10.2. The van der Waals surface area contributed by atoms with Gasteiger partial charge in [-0.05, 0) is 35.9 Å². The van der Waals surface area contributed by atoms with Crippen molar-refractivity contribution in [2.24, 2.45) is 11.5 Å². The van der Waals surface area contributed by atoms with Crippen LogP contribution in [0.1, 0.15) is 4.88 Å². The van der Waals surface area contributed by atoms with Crippen LogP contribution in [0, 0.1) is 0 Å². The van der Waals surface area contributed by atoms with Crippen molar-refractivity contribution in [2.45, 2.75) is 0 Å². The lowest BCUT2D eigenvalue weighted by Crippen LogP contribution is -2.42. The van der Waals surface area contributed by atoms with Crippen LogP contribution in [0.5, 0.6) is 0 Å². The molecule has 0 spiro atoms. The molecule has 0 radical (unpaired) electrons. The third-order valence-corrected chi connectivity index (χ3v) is 4.78.